The number of fused-ring (bicyclic) bond motifs is 1. The fraction of sp³-hybridized carbons (Fsp3) is 0.375. The number of piperidine rings is 1. The van der Waals surface area contributed by atoms with Crippen molar-refractivity contribution in [1.29, 1.82) is 0 Å². The number of aromatic amines is 1. The molecule has 4 heterocycles. The molecule has 0 aliphatic carbocycles. The average molecular weight is 361 g/mol. The lowest BCUT2D eigenvalue weighted by Crippen LogP contribution is -2.48. The van der Waals surface area contributed by atoms with Crippen molar-refractivity contribution in [2.75, 3.05) is 18.0 Å². The lowest BCUT2D eigenvalue weighted by Gasteiger charge is -2.37. The summed E-state index contributed by atoms with van der Waals surface area (Å²) in [5, 5.41) is 7.83. The van der Waals surface area contributed by atoms with E-state index in [0.29, 0.717) is 16.2 Å². The van der Waals surface area contributed by atoms with Gasteiger partial charge in [-0.2, -0.15) is 5.10 Å². The van der Waals surface area contributed by atoms with E-state index in [2.05, 4.69) is 37.0 Å². The van der Waals surface area contributed by atoms with Gasteiger partial charge in [0.1, 0.15) is 11.3 Å². The molecule has 6 N–H and O–H groups in total. The van der Waals surface area contributed by atoms with Crippen molar-refractivity contribution >= 4 is 28.6 Å². The molecule has 0 bridgehead atoms. The van der Waals surface area contributed by atoms with Crippen molar-refractivity contribution in [2.24, 2.45) is 5.73 Å². The summed E-state index contributed by atoms with van der Waals surface area (Å²) in [4.78, 5) is 15.4. The zero-order chi connectivity index (χ0) is 16.7. The Morgan fingerprint density at radius 3 is 2.76 bits per heavy atom. The molecule has 3 aromatic heterocycles. The Balaban J connectivity index is 0.00000182. The van der Waals surface area contributed by atoms with E-state index < -0.39 is 0 Å². The molecule has 0 spiro atoms. The van der Waals surface area contributed by atoms with Gasteiger partial charge in [0.05, 0.1) is 16.9 Å². The molecule has 1 aliphatic heterocycles. The van der Waals surface area contributed by atoms with Crippen LogP contribution in [0.3, 0.4) is 0 Å². The molecule has 3 aromatic rings. The van der Waals surface area contributed by atoms with Crippen LogP contribution < -0.4 is 16.8 Å². The van der Waals surface area contributed by atoms with Crippen LogP contribution in [0, 0.1) is 0 Å². The fourth-order valence-electron chi connectivity index (χ4n) is 2.95. The summed E-state index contributed by atoms with van der Waals surface area (Å²) >= 11 is 6.22. The lowest BCUT2D eigenvalue weighted by atomic mass is 9.91. The maximum absolute atomic E-state index is 6.22. The highest BCUT2D eigenvalue weighted by Gasteiger charge is 2.27. The predicted molar refractivity (Wildman–Crippen MR) is 99.0 cm³/mol. The number of hydrogen-bond donors (Lipinski definition) is 3. The third-order valence-electron chi connectivity index (χ3n) is 4.52. The quantitative estimate of drug-likeness (QED) is 0.639. The van der Waals surface area contributed by atoms with Gasteiger partial charge in [0, 0.05) is 36.6 Å². The van der Waals surface area contributed by atoms with Crippen LogP contribution in [0.2, 0.25) is 5.02 Å². The van der Waals surface area contributed by atoms with E-state index in [1.165, 1.54) is 0 Å². The maximum Gasteiger partial charge on any atom is 0.202 e. The Kier molecular flexibility index (Phi) is 4.59. The average Bonchev–Trinajstić information content (AvgIpc) is 2.98. The SMILES string of the molecule is CC1(N)CCN(c2cnc3c(-c4ccncc4Cl)[nH]nc3n2)CC1.N. The van der Waals surface area contributed by atoms with Crippen LogP contribution in [-0.4, -0.2) is 43.8 Å². The summed E-state index contributed by atoms with van der Waals surface area (Å²) < 4.78 is 0. The Hall–Kier alpha value is -2.29. The van der Waals surface area contributed by atoms with Crippen LogP contribution in [-0.2, 0) is 0 Å². The van der Waals surface area contributed by atoms with Crippen LogP contribution in [0.15, 0.2) is 24.7 Å². The number of pyridine rings is 1. The Morgan fingerprint density at radius 1 is 1.28 bits per heavy atom. The number of nitrogens with two attached hydrogens (primary N) is 1. The van der Waals surface area contributed by atoms with Crippen molar-refractivity contribution < 1.29 is 0 Å². The molecule has 1 saturated heterocycles. The van der Waals surface area contributed by atoms with E-state index in [-0.39, 0.29) is 11.7 Å². The van der Waals surface area contributed by atoms with Gasteiger partial charge in [-0.3, -0.25) is 10.1 Å². The minimum atomic E-state index is -0.0916. The zero-order valence-corrected chi connectivity index (χ0v) is 14.8. The number of nitrogens with one attached hydrogen (secondary N) is 1. The minimum Gasteiger partial charge on any atom is -0.355 e. The van der Waals surface area contributed by atoms with Gasteiger partial charge >= 0.3 is 0 Å². The largest absolute Gasteiger partial charge is 0.355 e. The van der Waals surface area contributed by atoms with E-state index in [1.807, 2.05) is 6.07 Å². The van der Waals surface area contributed by atoms with Crippen LogP contribution in [0.1, 0.15) is 19.8 Å². The minimum absolute atomic E-state index is 0. The third-order valence-corrected chi connectivity index (χ3v) is 4.82. The molecule has 0 unspecified atom stereocenters. The first-order valence-electron chi connectivity index (χ1n) is 7.88. The summed E-state index contributed by atoms with van der Waals surface area (Å²) in [7, 11) is 0. The highest BCUT2D eigenvalue weighted by molar-refractivity contribution is 6.33. The third kappa shape index (κ3) is 3.28. The van der Waals surface area contributed by atoms with Crippen molar-refractivity contribution in [3.8, 4) is 11.3 Å². The summed E-state index contributed by atoms with van der Waals surface area (Å²) in [6, 6.07) is 1.83. The van der Waals surface area contributed by atoms with E-state index in [9.17, 15) is 0 Å². The number of nitrogens with zero attached hydrogens (tertiary/aromatic N) is 5. The monoisotopic (exact) mass is 360 g/mol. The smallest absolute Gasteiger partial charge is 0.202 e. The van der Waals surface area contributed by atoms with Gasteiger partial charge in [0.25, 0.3) is 0 Å². The maximum atomic E-state index is 6.22. The fourth-order valence-corrected chi connectivity index (χ4v) is 3.17. The van der Waals surface area contributed by atoms with Crippen molar-refractivity contribution in [2.45, 2.75) is 25.3 Å². The second kappa shape index (κ2) is 6.55. The Labute approximate surface area is 150 Å². The molecule has 132 valence electrons. The number of halogens is 1. The van der Waals surface area contributed by atoms with Crippen LogP contribution in [0.4, 0.5) is 5.82 Å². The van der Waals surface area contributed by atoms with Crippen molar-refractivity contribution in [3.63, 3.8) is 0 Å². The van der Waals surface area contributed by atoms with Gasteiger partial charge in [-0.15, -0.1) is 0 Å². The standard InChI is InChI=1S/C16H18ClN7.H3N/c1-16(18)3-6-24(7-4-16)12-9-20-14-13(22-23-15(14)21-12)10-2-5-19-8-11(10)17;/h2,5,8-9H,3-4,6-7,18H2,1H3,(H,21,22,23);1H3. The number of anilines is 1. The van der Waals surface area contributed by atoms with E-state index in [0.717, 1.165) is 43.0 Å². The summed E-state index contributed by atoms with van der Waals surface area (Å²) in [6.07, 6.45) is 6.95. The second-order valence-corrected chi connectivity index (χ2v) is 6.90. The molecule has 0 atom stereocenters. The molecule has 8 nitrogen and oxygen atoms in total. The van der Waals surface area contributed by atoms with Gasteiger partial charge in [0.15, 0.2) is 0 Å². The van der Waals surface area contributed by atoms with Crippen LogP contribution in [0.5, 0.6) is 0 Å². The first-order chi connectivity index (χ1) is 11.5. The molecule has 1 fully saturated rings. The lowest BCUT2D eigenvalue weighted by molar-refractivity contribution is 0.363. The van der Waals surface area contributed by atoms with Crippen molar-refractivity contribution in [1.82, 2.24) is 31.3 Å². The molecule has 4 rings (SSSR count). The van der Waals surface area contributed by atoms with E-state index in [1.54, 1.807) is 18.6 Å². The first kappa shape index (κ1) is 17.5. The molecular formula is C16H21ClN8. The molecule has 0 saturated carbocycles. The number of hydrogen-bond acceptors (Lipinski definition) is 7. The topological polar surface area (TPSA) is 132 Å². The molecule has 0 radical (unpaired) electrons. The highest BCUT2D eigenvalue weighted by atomic mass is 35.5. The number of rotatable bonds is 2. The molecule has 0 amide bonds. The normalized spacial score (nSPS) is 16.7. The van der Waals surface area contributed by atoms with Crippen LogP contribution >= 0.6 is 11.6 Å². The molecule has 1 aliphatic rings. The van der Waals surface area contributed by atoms with Gasteiger partial charge in [-0.05, 0) is 25.8 Å². The van der Waals surface area contributed by atoms with Gasteiger partial charge in [-0.1, -0.05) is 11.6 Å². The summed E-state index contributed by atoms with van der Waals surface area (Å²) in [6.45, 7) is 3.85. The van der Waals surface area contributed by atoms with Gasteiger partial charge in [-0.25, -0.2) is 9.97 Å². The molecular weight excluding hydrogens is 340 g/mol. The number of H-pyrrole nitrogens is 1. The van der Waals surface area contributed by atoms with Crippen LogP contribution in [0.25, 0.3) is 22.4 Å². The molecule has 25 heavy (non-hydrogen) atoms. The number of aromatic nitrogens is 5. The van der Waals surface area contributed by atoms with Crippen molar-refractivity contribution in [3.05, 3.63) is 29.7 Å². The highest BCUT2D eigenvalue weighted by Crippen LogP contribution is 2.30. The van der Waals surface area contributed by atoms with Gasteiger partial charge < -0.3 is 16.8 Å². The zero-order valence-electron chi connectivity index (χ0n) is 14.0. The van der Waals surface area contributed by atoms with Gasteiger partial charge in [0.2, 0.25) is 5.65 Å². The molecule has 0 aromatic carbocycles. The first-order valence-corrected chi connectivity index (χ1v) is 8.26. The second-order valence-electron chi connectivity index (χ2n) is 6.50. The van der Waals surface area contributed by atoms with E-state index >= 15 is 0 Å². The molecule has 9 heteroatoms. The summed E-state index contributed by atoms with van der Waals surface area (Å²) in [5.74, 6) is 0.830. The predicted octanol–water partition coefficient (Wildman–Crippen LogP) is 2.55. The summed E-state index contributed by atoms with van der Waals surface area (Å²) in [5.41, 5.74) is 8.95. The Morgan fingerprint density at radius 2 is 2.04 bits per heavy atom. The Bertz CT molecular complexity index is 881. The van der Waals surface area contributed by atoms with E-state index in [4.69, 9.17) is 17.3 Å².